The number of aromatic nitrogens is 1. The molecule has 8 aromatic rings. The van der Waals surface area contributed by atoms with E-state index in [0.717, 1.165) is 16.5 Å². The Hall–Kier alpha value is -5.35. The summed E-state index contributed by atoms with van der Waals surface area (Å²) in [5, 5.41) is 1.16. The van der Waals surface area contributed by atoms with E-state index in [1.54, 1.807) is 0 Å². The SMILES string of the molecule is c1ccc(C2(c3ccccc3)c3cc(-c4ccc(-c5cccc6cccnc56)cc4)ccc3-c3c2ccc2c3Sc3ccccc3S2)cc1. The Morgan fingerprint density at radius 3 is 1.84 bits per heavy atom. The number of rotatable bonds is 4. The lowest BCUT2D eigenvalue weighted by atomic mass is 9.67. The summed E-state index contributed by atoms with van der Waals surface area (Å²) in [6, 6.07) is 62.5. The number of pyridine rings is 1. The Balaban J connectivity index is 1.19. The van der Waals surface area contributed by atoms with E-state index >= 15 is 0 Å². The monoisotopic (exact) mass is 659 g/mol. The Morgan fingerprint density at radius 2 is 1.08 bits per heavy atom. The largest absolute Gasteiger partial charge is 0.256 e. The third-order valence-corrected chi connectivity index (χ3v) is 12.7. The zero-order chi connectivity index (χ0) is 32.4. The molecule has 0 N–H and O–H groups in total. The highest BCUT2D eigenvalue weighted by Gasteiger charge is 2.47. The average Bonchev–Trinajstić information content (AvgIpc) is 3.48. The van der Waals surface area contributed by atoms with E-state index in [4.69, 9.17) is 4.98 Å². The number of fused-ring (bicyclic) bond motifs is 7. The van der Waals surface area contributed by atoms with E-state index in [-0.39, 0.29) is 0 Å². The molecule has 3 heteroatoms. The van der Waals surface area contributed by atoms with Crippen LogP contribution in [0.2, 0.25) is 0 Å². The van der Waals surface area contributed by atoms with E-state index in [0.29, 0.717) is 0 Å². The minimum Gasteiger partial charge on any atom is -0.256 e. The Bertz CT molecular complexity index is 2490. The van der Waals surface area contributed by atoms with Crippen LogP contribution in [0.15, 0.2) is 196 Å². The van der Waals surface area contributed by atoms with Gasteiger partial charge in [0.25, 0.3) is 0 Å². The Kier molecular flexibility index (Phi) is 6.65. The summed E-state index contributed by atoms with van der Waals surface area (Å²) in [4.78, 5) is 10.0. The van der Waals surface area contributed by atoms with Crippen molar-refractivity contribution < 1.29 is 0 Å². The zero-order valence-electron chi connectivity index (χ0n) is 26.5. The van der Waals surface area contributed by atoms with Crippen LogP contribution in [0.5, 0.6) is 0 Å². The molecule has 1 aliphatic heterocycles. The van der Waals surface area contributed by atoms with Crippen LogP contribution >= 0.6 is 23.5 Å². The van der Waals surface area contributed by atoms with E-state index in [1.165, 1.54) is 69.7 Å². The van der Waals surface area contributed by atoms with Crippen molar-refractivity contribution >= 4 is 34.4 Å². The number of para-hydroxylation sites is 1. The third kappa shape index (κ3) is 4.39. The minimum atomic E-state index is -0.463. The van der Waals surface area contributed by atoms with E-state index in [9.17, 15) is 0 Å². The second kappa shape index (κ2) is 11.4. The molecule has 0 saturated carbocycles. The summed E-state index contributed by atoms with van der Waals surface area (Å²) in [6.45, 7) is 0. The van der Waals surface area contributed by atoms with Gasteiger partial charge in [-0.2, -0.15) is 0 Å². The maximum atomic E-state index is 4.71. The highest BCUT2D eigenvalue weighted by atomic mass is 32.2. The van der Waals surface area contributed by atoms with Gasteiger partial charge in [-0.15, -0.1) is 0 Å². The molecule has 7 aromatic carbocycles. The van der Waals surface area contributed by atoms with Crippen molar-refractivity contribution in [3.8, 4) is 33.4 Å². The van der Waals surface area contributed by atoms with Gasteiger partial charge in [-0.05, 0) is 74.8 Å². The van der Waals surface area contributed by atoms with Gasteiger partial charge < -0.3 is 0 Å². The molecule has 2 heterocycles. The number of nitrogens with zero attached hydrogens (tertiary/aromatic N) is 1. The van der Waals surface area contributed by atoms with Crippen LogP contribution in [0.25, 0.3) is 44.3 Å². The molecular formula is C46H29NS2. The molecule has 1 aromatic heterocycles. The van der Waals surface area contributed by atoms with Crippen molar-refractivity contribution in [2.24, 2.45) is 0 Å². The fourth-order valence-electron chi connectivity index (χ4n) is 7.91. The molecule has 0 spiro atoms. The van der Waals surface area contributed by atoms with Gasteiger partial charge in [0, 0.05) is 42.3 Å². The second-order valence-electron chi connectivity index (χ2n) is 12.7. The standard InChI is InChI=1S/C46H29NS2/c1-3-13-34(14-4-1)46(35-15-5-2-6-16-35)38-26-27-42-45(49-41-19-8-7-18-40(41)48-42)43(38)37-25-24-33(29-39(37)46)30-20-22-31(23-21-30)36-17-9-11-32-12-10-28-47-44(32)36/h1-29H. The van der Waals surface area contributed by atoms with Crippen molar-refractivity contribution in [2.45, 2.75) is 25.0 Å². The van der Waals surface area contributed by atoms with Crippen molar-refractivity contribution in [2.75, 3.05) is 0 Å². The summed E-state index contributed by atoms with van der Waals surface area (Å²) in [5.74, 6) is 0. The van der Waals surface area contributed by atoms with Gasteiger partial charge in [0.1, 0.15) is 0 Å². The van der Waals surface area contributed by atoms with Crippen molar-refractivity contribution in [3.63, 3.8) is 0 Å². The molecule has 49 heavy (non-hydrogen) atoms. The predicted molar refractivity (Wildman–Crippen MR) is 205 cm³/mol. The molecule has 1 aliphatic carbocycles. The summed E-state index contributed by atoms with van der Waals surface area (Å²) in [7, 11) is 0. The average molecular weight is 660 g/mol. The molecular weight excluding hydrogens is 631 g/mol. The van der Waals surface area contributed by atoms with Gasteiger partial charge in [0.15, 0.2) is 0 Å². The Morgan fingerprint density at radius 1 is 0.429 bits per heavy atom. The van der Waals surface area contributed by atoms with Gasteiger partial charge in [-0.25, -0.2) is 0 Å². The molecule has 2 aliphatic rings. The van der Waals surface area contributed by atoms with Crippen LogP contribution in [0.3, 0.4) is 0 Å². The van der Waals surface area contributed by atoms with Gasteiger partial charge in [-0.1, -0.05) is 163 Å². The highest BCUT2D eigenvalue weighted by molar-refractivity contribution is 8.05. The fourth-order valence-corrected chi connectivity index (χ4v) is 10.3. The first kappa shape index (κ1) is 28.6. The fraction of sp³-hybridized carbons (Fsp3) is 0.0217. The molecule has 0 radical (unpaired) electrons. The predicted octanol–water partition coefficient (Wildman–Crippen LogP) is 12.5. The van der Waals surface area contributed by atoms with E-state index < -0.39 is 5.41 Å². The molecule has 0 saturated heterocycles. The van der Waals surface area contributed by atoms with Gasteiger partial charge in [0.2, 0.25) is 0 Å². The van der Waals surface area contributed by atoms with Gasteiger partial charge in [-0.3, -0.25) is 4.98 Å². The normalized spacial score (nSPS) is 13.7. The smallest absolute Gasteiger partial charge is 0.0780 e. The first-order valence-corrected chi connectivity index (χ1v) is 18.2. The minimum absolute atomic E-state index is 0.463. The lowest BCUT2D eigenvalue weighted by Gasteiger charge is -2.34. The van der Waals surface area contributed by atoms with Crippen molar-refractivity contribution in [1.82, 2.24) is 4.98 Å². The molecule has 0 atom stereocenters. The maximum absolute atomic E-state index is 4.71. The lowest BCUT2D eigenvalue weighted by Crippen LogP contribution is -2.28. The van der Waals surface area contributed by atoms with Crippen LogP contribution in [0.4, 0.5) is 0 Å². The van der Waals surface area contributed by atoms with E-state index in [2.05, 4.69) is 164 Å². The van der Waals surface area contributed by atoms with Crippen LogP contribution in [-0.2, 0) is 5.41 Å². The lowest BCUT2D eigenvalue weighted by molar-refractivity contribution is 0.766. The summed E-state index contributed by atoms with van der Waals surface area (Å²) in [6.07, 6.45) is 1.88. The van der Waals surface area contributed by atoms with Crippen molar-refractivity contribution in [1.29, 1.82) is 0 Å². The number of benzene rings is 7. The van der Waals surface area contributed by atoms with Gasteiger partial charge >= 0.3 is 0 Å². The first-order valence-electron chi connectivity index (χ1n) is 16.6. The first-order chi connectivity index (χ1) is 24.3. The van der Waals surface area contributed by atoms with Crippen molar-refractivity contribution in [3.05, 3.63) is 198 Å². The number of hydrogen-bond acceptors (Lipinski definition) is 3. The van der Waals surface area contributed by atoms with Crippen LogP contribution in [0, 0.1) is 0 Å². The van der Waals surface area contributed by atoms with E-state index in [1.807, 2.05) is 35.8 Å². The molecule has 0 fully saturated rings. The Labute approximate surface area is 294 Å². The maximum Gasteiger partial charge on any atom is 0.0780 e. The molecule has 1 nitrogen and oxygen atoms in total. The summed E-state index contributed by atoms with van der Waals surface area (Å²) < 4.78 is 0. The molecule has 230 valence electrons. The quantitative estimate of drug-likeness (QED) is 0.187. The molecule has 0 bridgehead atoms. The highest BCUT2D eigenvalue weighted by Crippen LogP contribution is 2.62. The topological polar surface area (TPSA) is 12.9 Å². The molecule has 0 unspecified atom stereocenters. The summed E-state index contributed by atoms with van der Waals surface area (Å²) in [5.41, 5.74) is 13.2. The zero-order valence-corrected chi connectivity index (χ0v) is 28.1. The third-order valence-electron chi connectivity index (χ3n) is 10.1. The van der Waals surface area contributed by atoms with Crippen LogP contribution < -0.4 is 0 Å². The second-order valence-corrected chi connectivity index (χ2v) is 14.8. The van der Waals surface area contributed by atoms with Crippen LogP contribution in [0.1, 0.15) is 22.3 Å². The van der Waals surface area contributed by atoms with Gasteiger partial charge in [0.05, 0.1) is 10.9 Å². The van der Waals surface area contributed by atoms with Crippen LogP contribution in [-0.4, -0.2) is 4.98 Å². The summed E-state index contributed by atoms with van der Waals surface area (Å²) >= 11 is 3.81. The molecule has 10 rings (SSSR count). The molecule has 0 amide bonds. The number of hydrogen-bond donors (Lipinski definition) is 0.